The molecule has 1 fully saturated rings. The summed E-state index contributed by atoms with van der Waals surface area (Å²) in [6, 6.07) is 6.72. The van der Waals surface area contributed by atoms with E-state index in [9.17, 15) is 0 Å². The van der Waals surface area contributed by atoms with E-state index in [0.717, 1.165) is 11.5 Å². The Labute approximate surface area is 96.6 Å². The Kier molecular flexibility index (Phi) is 2.06. The van der Waals surface area contributed by atoms with E-state index in [1.54, 1.807) is 0 Å². The van der Waals surface area contributed by atoms with Gasteiger partial charge < -0.3 is 5.73 Å². The van der Waals surface area contributed by atoms with Gasteiger partial charge in [-0.05, 0) is 41.9 Å². The smallest absolute Gasteiger partial charge is 0.103 e. The van der Waals surface area contributed by atoms with Crippen LogP contribution in [0.4, 0.5) is 5.69 Å². The lowest BCUT2D eigenvalue weighted by Gasteiger charge is -2.40. The van der Waals surface area contributed by atoms with Gasteiger partial charge in [0.1, 0.15) is 5.84 Å². The van der Waals surface area contributed by atoms with Gasteiger partial charge in [-0.25, -0.2) is 4.99 Å². The van der Waals surface area contributed by atoms with Gasteiger partial charge in [-0.15, -0.1) is 0 Å². The molecule has 0 radical (unpaired) electrons. The molecular weight excluding hydrogens is 196 g/mol. The lowest BCUT2D eigenvalue weighted by Crippen LogP contribution is -2.38. The van der Waals surface area contributed by atoms with Crippen molar-refractivity contribution >= 4 is 11.5 Å². The normalized spacial score (nSPS) is 26.8. The molecule has 1 aliphatic carbocycles. The highest BCUT2D eigenvalue weighted by atomic mass is 14.9. The first kappa shape index (κ1) is 9.88. The van der Waals surface area contributed by atoms with Crippen LogP contribution in [0.1, 0.15) is 49.7 Å². The molecule has 2 N–H and O–H groups in total. The summed E-state index contributed by atoms with van der Waals surface area (Å²) in [5, 5.41) is 0. The Bertz CT molecular complexity index is 460. The first-order chi connectivity index (χ1) is 7.66. The molecule has 84 valence electrons. The highest BCUT2D eigenvalue weighted by Gasteiger charge is 2.38. The molecule has 1 aromatic carbocycles. The summed E-state index contributed by atoms with van der Waals surface area (Å²) >= 11 is 0. The summed E-state index contributed by atoms with van der Waals surface area (Å²) in [5.41, 5.74) is 9.89. The van der Waals surface area contributed by atoms with Crippen LogP contribution in [0.2, 0.25) is 0 Å². The lowest BCUT2D eigenvalue weighted by atomic mass is 9.67. The Morgan fingerprint density at radius 2 is 2.00 bits per heavy atom. The fourth-order valence-electron chi connectivity index (χ4n) is 2.78. The zero-order valence-corrected chi connectivity index (χ0v) is 9.90. The van der Waals surface area contributed by atoms with Crippen LogP contribution < -0.4 is 5.73 Å². The molecule has 0 spiro atoms. The van der Waals surface area contributed by atoms with Crippen molar-refractivity contribution < 1.29 is 0 Å². The second kappa shape index (κ2) is 3.34. The Morgan fingerprint density at radius 1 is 1.25 bits per heavy atom. The number of nitrogens with two attached hydrogens (primary N) is 1. The van der Waals surface area contributed by atoms with Gasteiger partial charge in [0.15, 0.2) is 0 Å². The van der Waals surface area contributed by atoms with Crippen molar-refractivity contribution in [3.8, 4) is 0 Å². The highest BCUT2D eigenvalue weighted by molar-refractivity contribution is 5.90. The Balaban J connectivity index is 2.08. The van der Waals surface area contributed by atoms with Gasteiger partial charge in [-0.2, -0.15) is 0 Å². The largest absolute Gasteiger partial charge is 0.387 e. The van der Waals surface area contributed by atoms with Crippen molar-refractivity contribution in [1.29, 1.82) is 0 Å². The summed E-state index contributed by atoms with van der Waals surface area (Å²) < 4.78 is 0. The van der Waals surface area contributed by atoms with Crippen LogP contribution in [0.25, 0.3) is 0 Å². The predicted molar refractivity (Wildman–Crippen MR) is 67.3 cm³/mol. The van der Waals surface area contributed by atoms with Crippen LogP contribution in [-0.2, 0) is 0 Å². The Hall–Kier alpha value is -1.31. The van der Waals surface area contributed by atoms with Gasteiger partial charge in [-0.3, -0.25) is 0 Å². The molecule has 0 saturated heterocycles. The van der Waals surface area contributed by atoms with E-state index in [2.05, 4.69) is 37.0 Å². The number of hydrogen-bond acceptors (Lipinski definition) is 2. The molecule has 2 aliphatic rings. The maximum Gasteiger partial charge on any atom is 0.103 e. The standard InChI is InChI=1S/C14H18N2/c1-8(2)9-3-4-11-10-5-6-12(10)14(15)16-13(11)7-9/h3-4,7-8,10,12H,5-6H2,1-2H3,(H2,15,16). The monoisotopic (exact) mass is 214 g/mol. The first-order valence-electron chi connectivity index (χ1n) is 6.14. The molecule has 2 heteroatoms. The summed E-state index contributed by atoms with van der Waals surface area (Å²) in [4.78, 5) is 4.57. The molecule has 3 rings (SSSR count). The molecule has 2 nitrogen and oxygen atoms in total. The van der Waals surface area contributed by atoms with Crippen molar-refractivity contribution in [3.05, 3.63) is 29.3 Å². The predicted octanol–water partition coefficient (Wildman–Crippen LogP) is 3.31. The average Bonchev–Trinajstić information content (AvgIpc) is 2.16. The molecule has 0 aromatic heterocycles. The zero-order chi connectivity index (χ0) is 11.3. The van der Waals surface area contributed by atoms with E-state index in [1.807, 2.05) is 0 Å². The molecule has 1 aliphatic heterocycles. The summed E-state index contributed by atoms with van der Waals surface area (Å²) in [7, 11) is 0. The summed E-state index contributed by atoms with van der Waals surface area (Å²) in [5.74, 6) is 2.58. The first-order valence-corrected chi connectivity index (χ1v) is 6.14. The van der Waals surface area contributed by atoms with Gasteiger partial charge >= 0.3 is 0 Å². The van der Waals surface area contributed by atoms with Crippen molar-refractivity contribution in [1.82, 2.24) is 0 Å². The molecular formula is C14H18N2. The maximum absolute atomic E-state index is 6.01. The minimum Gasteiger partial charge on any atom is -0.387 e. The zero-order valence-electron chi connectivity index (χ0n) is 9.90. The number of fused-ring (bicyclic) bond motifs is 3. The van der Waals surface area contributed by atoms with E-state index in [4.69, 9.17) is 5.73 Å². The van der Waals surface area contributed by atoms with Crippen LogP contribution in [0.5, 0.6) is 0 Å². The molecule has 0 amide bonds. The average molecular weight is 214 g/mol. The third-order valence-electron chi connectivity index (χ3n) is 4.02. The van der Waals surface area contributed by atoms with Gasteiger partial charge in [0.25, 0.3) is 0 Å². The number of hydrogen-bond donors (Lipinski definition) is 1. The minimum absolute atomic E-state index is 0.525. The van der Waals surface area contributed by atoms with E-state index < -0.39 is 0 Å². The summed E-state index contributed by atoms with van der Waals surface area (Å²) in [6.45, 7) is 4.42. The van der Waals surface area contributed by atoms with Crippen molar-refractivity contribution in [2.45, 2.75) is 38.5 Å². The number of nitrogens with zero attached hydrogens (tertiary/aromatic N) is 1. The van der Waals surface area contributed by atoms with Gasteiger partial charge in [0, 0.05) is 5.92 Å². The minimum atomic E-state index is 0.525. The number of rotatable bonds is 1. The molecule has 2 unspecified atom stereocenters. The van der Waals surface area contributed by atoms with Gasteiger partial charge in [0.05, 0.1) is 5.69 Å². The molecule has 1 heterocycles. The van der Waals surface area contributed by atoms with Crippen LogP contribution in [-0.4, -0.2) is 5.84 Å². The second-order valence-electron chi connectivity index (χ2n) is 5.30. The number of aliphatic imine (C=N–C) groups is 1. The fraction of sp³-hybridized carbons (Fsp3) is 0.500. The van der Waals surface area contributed by atoms with E-state index in [1.165, 1.54) is 24.0 Å². The maximum atomic E-state index is 6.01. The number of amidine groups is 1. The third kappa shape index (κ3) is 1.29. The van der Waals surface area contributed by atoms with Crippen LogP contribution in [0.3, 0.4) is 0 Å². The van der Waals surface area contributed by atoms with Crippen molar-refractivity contribution in [2.75, 3.05) is 0 Å². The second-order valence-corrected chi connectivity index (χ2v) is 5.30. The van der Waals surface area contributed by atoms with Crippen molar-refractivity contribution in [3.63, 3.8) is 0 Å². The molecule has 16 heavy (non-hydrogen) atoms. The number of benzene rings is 1. The van der Waals surface area contributed by atoms with E-state index >= 15 is 0 Å². The van der Waals surface area contributed by atoms with Crippen LogP contribution in [0, 0.1) is 5.92 Å². The van der Waals surface area contributed by atoms with E-state index in [-0.39, 0.29) is 0 Å². The van der Waals surface area contributed by atoms with Gasteiger partial charge in [-0.1, -0.05) is 26.0 Å². The topological polar surface area (TPSA) is 38.4 Å². The molecule has 1 aromatic rings. The molecule has 1 saturated carbocycles. The molecule has 2 atom stereocenters. The quantitative estimate of drug-likeness (QED) is 0.765. The van der Waals surface area contributed by atoms with Crippen molar-refractivity contribution in [2.24, 2.45) is 16.6 Å². The lowest BCUT2D eigenvalue weighted by molar-refractivity contribution is 0.333. The van der Waals surface area contributed by atoms with Gasteiger partial charge in [0.2, 0.25) is 0 Å². The third-order valence-corrected chi connectivity index (χ3v) is 4.02. The Morgan fingerprint density at radius 3 is 2.62 bits per heavy atom. The SMILES string of the molecule is CC(C)c1ccc2c(c1)N=C(N)C1CCC21. The fourth-order valence-corrected chi connectivity index (χ4v) is 2.78. The molecule has 0 bridgehead atoms. The highest BCUT2D eigenvalue weighted by Crippen LogP contribution is 2.49. The van der Waals surface area contributed by atoms with Crippen LogP contribution in [0.15, 0.2) is 23.2 Å². The van der Waals surface area contributed by atoms with Crippen LogP contribution >= 0.6 is 0 Å². The van der Waals surface area contributed by atoms with E-state index in [0.29, 0.717) is 17.8 Å². The summed E-state index contributed by atoms with van der Waals surface area (Å²) in [6.07, 6.45) is 2.49.